The number of hydrogen-bond acceptors (Lipinski definition) is 3. The Bertz CT molecular complexity index is 708. The number of halogens is 1. The first-order valence-corrected chi connectivity index (χ1v) is 7.99. The molecule has 0 N–H and O–H groups in total. The summed E-state index contributed by atoms with van der Waals surface area (Å²) in [5.41, 5.74) is 2.33. The molecule has 0 saturated carbocycles. The van der Waals surface area contributed by atoms with Gasteiger partial charge in [0, 0.05) is 14.7 Å². The zero-order valence-electron chi connectivity index (χ0n) is 10.9. The van der Waals surface area contributed by atoms with Gasteiger partial charge in [-0.05, 0) is 46.1 Å². The molecular formula is C15H12BrNO2S. The number of Topliss-reactive ketones (excluding diaryl/α,β-unsaturated/α-hetero) is 1. The highest BCUT2D eigenvalue weighted by molar-refractivity contribution is 9.10. The van der Waals surface area contributed by atoms with Crippen LogP contribution in [0.1, 0.15) is 27.7 Å². The van der Waals surface area contributed by atoms with Crippen LogP contribution in [-0.2, 0) is 17.8 Å². The van der Waals surface area contributed by atoms with Crippen LogP contribution in [0.15, 0.2) is 34.1 Å². The molecule has 20 heavy (non-hydrogen) atoms. The van der Waals surface area contributed by atoms with Gasteiger partial charge in [-0.15, -0.1) is 11.3 Å². The first kappa shape index (κ1) is 13.5. The molecule has 0 radical (unpaired) electrons. The molecule has 2 aromatic rings. The van der Waals surface area contributed by atoms with Crippen molar-refractivity contribution in [2.24, 2.45) is 0 Å². The summed E-state index contributed by atoms with van der Waals surface area (Å²) in [6.45, 7) is 2.48. The number of carbonyl (C=O) groups is 2. The van der Waals surface area contributed by atoms with Crippen molar-refractivity contribution in [3.8, 4) is 0 Å². The van der Waals surface area contributed by atoms with E-state index in [1.165, 1.54) is 0 Å². The van der Waals surface area contributed by atoms with Crippen molar-refractivity contribution in [3.05, 3.63) is 50.1 Å². The third-order valence-corrected chi connectivity index (χ3v) is 5.06. The predicted molar refractivity (Wildman–Crippen MR) is 83.4 cm³/mol. The molecule has 0 atom stereocenters. The summed E-state index contributed by atoms with van der Waals surface area (Å²) in [6, 6.07) is 7.66. The van der Waals surface area contributed by atoms with Gasteiger partial charge in [0.2, 0.25) is 0 Å². The molecule has 1 aliphatic rings. The van der Waals surface area contributed by atoms with Crippen molar-refractivity contribution in [1.29, 1.82) is 0 Å². The number of amides is 1. The second kappa shape index (κ2) is 5.14. The van der Waals surface area contributed by atoms with Crippen LogP contribution >= 0.6 is 27.3 Å². The van der Waals surface area contributed by atoms with Crippen molar-refractivity contribution < 1.29 is 9.59 Å². The lowest BCUT2D eigenvalue weighted by Crippen LogP contribution is -2.28. The molecule has 2 heterocycles. The van der Waals surface area contributed by atoms with Gasteiger partial charge in [0.25, 0.3) is 11.7 Å². The van der Waals surface area contributed by atoms with Crippen molar-refractivity contribution >= 4 is 44.6 Å². The highest BCUT2D eigenvalue weighted by atomic mass is 79.9. The molecule has 0 saturated heterocycles. The quantitative estimate of drug-likeness (QED) is 0.790. The summed E-state index contributed by atoms with van der Waals surface area (Å²) in [4.78, 5) is 26.8. The first-order chi connectivity index (χ1) is 9.60. The van der Waals surface area contributed by atoms with E-state index in [9.17, 15) is 9.59 Å². The number of hydrogen-bond donors (Lipinski definition) is 0. The van der Waals surface area contributed by atoms with Crippen LogP contribution in [0.5, 0.6) is 0 Å². The van der Waals surface area contributed by atoms with Crippen LogP contribution in [0.2, 0.25) is 0 Å². The van der Waals surface area contributed by atoms with Gasteiger partial charge in [-0.2, -0.15) is 0 Å². The maximum absolute atomic E-state index is 12.1. The largest absolute Gasteiger partial charge is 0.300 e. The molecule has 1 aromatic carbocycles. The van der Waals surface area contributed by atoms with E-state index in [1.54, 1.807) is 16.2 Å². The van der Waals surface area contributed by atoms with Crippen molar-refractivity contribution in [1.82, 2.24) is 0 Å². The highest BCUT2D eigenvalue weighted by Crippen LogP contribution is 2.32. The molecule has 5 heteroatoms. The Labute approximate surface area is 129 Å². The molecule has 0 fully saturated rings. The fourth-order valence-corrected chi connectivity index (χ4v) is 3.76. The first-order valence-electron chi connectivity index (χ1n) is 6.32. The zero-order chi connectivity index (χ0) is 14.3. The van der Waals surface area contributed by atoms with E-state index in [0.717, 1.165) is 27.0 Å². The van der Waals surface area contributed by atoms with Gasteiger partial charge in [0.05, 0.1) is 17.8 Å². The molecule has 102 valence electrons. The molecule has 0 aliphatic carbocycles. The van der Waals surface area contributed by atoms with E-state index in [2.05, 4.69) is 15.9 Å². The summed E-state index contributed by atoms with van der Waals surface area (Å²) in [5, 5.41) is 1.97. The predicted octanol–water partition coefficient (Wildman–Crippen LogP) is 3.80. The Morgan fingerprint density at radius 3 is 2.70 bits per heavy atom. The van der Waals surface area contributed by atoms with Crippen molar-refractivity contribution in [2.75, 3.05) is 4.90 Å². The van der Waals surface area contributed by atoms with E-state index in [0.29, 0.717) is 12.1 Å². The van der Waals surface area contributed by atoms with E-state index >= 15 is 0 Å². The third-order valence-electron chi connectivity index (χ3n) is 3.38. The van der Waals surface area contributed by atoms with Crippen LogP contribution in [0.3, 0.4) is 0 Å². The molecule has 1 aliphatic heterocycles. The highest BCUT2D eigenvalue weighted by Gasteiger charge is 2.35. The fourth-order valence-electron chi connectivity index (χ4n) is 2.32. The maximum atomic E-state index is 12.1. The Kier molecular flexibility index (Phi) is 3.48. The summed E-state index contributed by atoms with van der Waals surface area (Å²) in [5.74, 6) is -0.830. The smallest absolute Gasteiger partial charge is 0.299 e. The number of anilines is 1. The number of ketones is 1. The zero-order valence-corrected chi connectivity index (χ0v) is 13.3. The molecule has 0 bridgehead atoms. The summed E-state index contributed by atoms with van der Waals surface area (Å²) < 4.78 is 0.997. The van der Waals surface area contributed by atoms with E-state index in [4.69, 9.17) is 0 Å². The third kappa shape index (κ3) is 2.21. The van der Waals surface area contributed by atoms with E-state index in [1.807, 2.05) is 36.6 Å². The minimum atomic E-state index is -0.433. The minimum Gasteiger partial charge on any atom is -0.300 e. The minimum absolute atomic E-state index is 0.397. The number of fused-ring (bicyclic) bond motifs is 1. The van der Waals surface area contributed by atoms with Gasteiger partial charge in [-0.3, -0.25) is 14.5 Å². The maximum Gasteiger partial charge on any atom is 0.299 e. The standard InChI is InChI=1S/C15H12BrNO2S/c1-2-9-3-4-13-12(5-9)14(18)15(19)17(13)7-11-6-10(16)8-20-11/h3-6,8H,2,7H2,1H3. The monoisotopic (exact) mass is 349 g/mol. The Balaban J connectivity index is 1.98. The second-order valence-corrected chi connectivity index (χ2v) is 6.57. The molecule has 3 nitrogen and oxygen atoms in total. The Hall–Kier alpha value is -1.46. The van der Waals surface area contributed by atoms with Gasteiger partial charge in [0.1, 0.15) is 0 Å². The molecular weight excluding hydrogens is 338 g/mol. The van der Waals surface area contributed by atoms with E-state index in [-0.39, 0.29) is 0 Å². The average Bonchev–Trinajstić information content (AvgIpc) is 2.96. The number of aryl methyl sites for hydroxylation is 1. The lowest BCUT2D eigenvalue weighted by molar-refractivity contribution is -0.114. The van der Waals surface area contributed by atoms with Crippen LogP contribution in [0.25, 0.3) is 0 Å². The summed E-state index contributed by atoms with van der Waals surface area (Å²) in [6.07, 6.45) is 0.854. The molecule has 0 spiro atoms. The van der Waals surface area contributed by atoms with Gasteiger partial charge >= 0.3 is 0 Å². The van der Waals surface area contributed by atoms with Crippen molar-refractivity contribution in [3.63, 3.8) is 0 Å². The number of nitrogens with zero attached hydrogens (tertiary/aromatic N) is 1. The van der Waals surface area contributed by atoms with Gasteiger partial charge in [-0.1, -0.05) is 13.0 Å². The van der Waals surface area contributed by atoms with Gasteiger partial charge in [-0.25, -0.2) is 0 Å². The second-order valence-electron chi connectivity index (χ2n) is 4.66. The van der Waals surface area contributed by atoms with Crippen LogP contribution < -0.4 is 4.90 Å². The number of rotatable bonds is 3. The SMILES string of the molecule is CCc1ccc2c(c1)C(=O)C(=O)N2Cc1cc(Br)cs1. The number of thiophene rings is 1. The summed E-state index contributed by atoms with van der Waals surface area (Å²) >= 11 is 4.97. The van der Waals surface area contributed by atoms with Crippen LogP contribution in [0, 0.1) is 0 Å². The number of carbonyl (C=O) groups excluding carboxylic acids is 2. The van der Waals surface area contributed by atoms with Gasteiger partial charge in [0.15, 0.2) is 0 Å². The molecule has 1 amide bonds. The average molecular weight is 350 g/mol. The van der Waals surface area contributed by atoms with E-state index < -0.39 is 11.7 Å². The van der Waals surface area contributed by atoms with Gasteiger partial charge < -0.3 is 0 Å². The van der Waals surface area contributed by atoms with Crippen molar-refractivity contribution in [2.45, 2.75) is 19.9 Å². The topological polar surface area (TPSA) is 37.4 Å². The van der Waals surface area contributed by atoms with Crippen LogP contribution in [-0.4, -0.2) is 11.7 Å². The molecule has 0 unspecified atom stereocenters. The molecule has 3 rings (SSSR count). The normalized spacial score (nSPS) is 14.0. The fraction of sp³-hybridized carbons (Fsp3) is 0.200. The summed E-state index contributed by atoms with van der Waals surface area (Å²) in [7, 11) is 0. The Morgan fingerprint density at radius 1 is 1.25 bits per heavy atom. The lowest BCUT2D eigenvalue weighted by atomic mass is 10.1. The number of benzene rings is 1. The Morgan fingerprint density at radius 2 is 2.05 bits per heavy atom. The molecule has 1 aromatic heterocycles. The lowest BCUT2D eigenvalue weighted by Gasteiger charge is -2.15. The van der Waals surface area contributed by atoms with Crippen LogP contribution in [0.4, 0.5) is 5.69 Å².